The largest absolute Gasteiger partial charge is 0.507 e. The average Bonchev–Trinajstić information content (AvgIpc) is 2.82. The zero-order valence-electron chi connectivity index (χ0n) is 19.7. The van der Waals surface area contributed by atoms with E-state index in [0.29, 0.717) is 0 Å². The highest BCUT2D eigenvalue weighted by molar-refractivity contribution is 6.30. The molecule has 0 bridgehead atoms. The number of fused-ring (bicyclic) bond motifs is 3. The van der Waals surface area contributed by atoms with Crippen molar-refractivity contribution in [1.29, 1.82) is 0 Å². The predicted octanol–water partition coefficient (Wildman–Crippen LogP) is 0.193. The zero-order valence-corrected chi connectivity index (χ0v) is 19.7. The summed E-state index contributed by atoms with van der Waals surface area (Å²) in [4.78, 5) is 39.2. The van der Waals surface area contributed by atoms with Crippen molar-refractivity contribution in [2.24, 2.45) is 5.73 Å². The van der Waals surface area contributed by atoms with Gasteiger partial charge in [-0.05, 0) is 20.3 Å². The monoisotopic (exact) mass is 497 g/mol. The van der Waals surface area contributed by atoms with Gasteiger partial charge in [0.05, 0.1) is 29.4 Å². The molecule has 0 spiro atoms. The van der Waals surface area contributed by atoms with Crippen LogP contribution in [0.25, 0.3) is 0 Å². The zero-order chi connectivity index (χ0) is 26.3. The lowest BCUT2D eigenvalue weighted by atomic mass is 9.64. The summed E-state index contributed by atoms with van der Waals surface area (Å²) in [5, 5.41) is 56.3. The number of nitrogens with two attached hydrogens (primary N) is 1. The van der Waals surface area contributed by atoms with Gasteiger partial charge in [-0.25, -0.2) is 0 Å². The third kappa shape index (κ3) is 3.19. The van der Waals surface area contributed by atoms with E-state index in [0.717, 1.165) is 6.92 Å². The van der Waals surface area contributed by atoms with Crippen LogP contribution < -0.4 is 5.73 Å². The van der Waals surface area contributed by atoms with Gasteiger partial charge in [0.2, 0.25) is 0 Å². The Morgan fingerprint density at radius 2 is 1.61 bits per heavy atom. The molecule has 1 heterocycles. The van der Waals surface area contributed by atoms with Gasteiger partial charge in [-0.1, -0.05) is 24.3 Å². The van der Waals surface area contributed by atoms with E-state index in [1.165, 1.54) is 19.1 Å². The molecule has 1 saturated heterocycles. The fourth-order valence-electron chi connectivity index (χ4n) is 5.85. The molecule has 3 aliphatic rings. The lowest BCUT2D eigenvalue weighted by molar-refractivity contribution is -0.212. The Bertz CT molecular complexity index is 1330. The lowest BCUT2D eigenvalue weighted by Gasteiger charge is -2.50. The highest BCUT2D eigenvalue weighted by Crippen LogP contribution is 2.55. The molecule has 0 aromatic heterocycles. The number of ether oxygens (including phenoxy) is 1. The maximum Gasteiger partial charge on any atom is 0.198 e. The Balaban J connectivity index is 1.80. The van der Waals surface area contributed by atoms with Crippen LogP contribution in [0.15, 0.2) is 24.3 Å². The average molecular weight is 498 g/mol. The molecule has 10 heteroatoms. The van der Waals surface area contributed by atoms with Crippen molar-refractivity contribution < 1.29 is 44.7 Å². The molecular formula is C26H27NO9. The number of hydrogen-bond acceptors (Lipinski definition) is 10. The fraction of sp³-hybridized carbons (Fsp3) is 0.423. The summed E-state index contributed by atoms with van der Waals surface area (Å²) < 4.78 is 5.84. The molecule has 0 amide bonds. The second-order valence-corrected chi connectivity index (χ2v) is 10.1. The summed E-state index contributed by atoms with van der Waals surface area (Å²) in [7, 11) is 0. The van der Waals surface area contributed by atoms with Crippen LogP contribution in [-0.2, 0) is 21.6 Å². The van der Waals surface area contributed by atoms with Crippen molar-refractivity contribution in [2.45, 2.75) is 68.7 Å². The molecule has 1 fully saturated rings. The van der Waals surface area contributed by atoms with Crippen LogP contribution in [0.1, 0.15) is 69.7 Å². The topological polar surface area (TPSA) is 188 Å². The first kappa shape index (κ1) is 24.5. The van der Waals surface area contributed by atoms with Gasteiger partial charge >= 0.3 is 0 Å². The number of hydrogen-bond donors (Lipinski definition) is 6. The van der Waals surface area contributed by atoms with Gasteiger partial charge in [0.25, 0.3) is 0 Å². The maximum absolute atomic E-state index is 13.4. The van der Waals surface area contributed by atoms with Crippen molar-refractivity contribution >= 4 is 17.3 Å². The van der Waals surface area contributed by atoms with Crippen LogP contribution in [0, 0.1) is 0 Å². The van der Waals surface area contributed by atoms with Gasteiger partial charge in [0.1, 0.15) is 22.7 Å². The number of Topliss-reactive ketones (excluding diaryl/α,β-unsaturated/α-hetero) is 1. The number of carbonyl (C=O) groups is 3. The van der Waals surface area contributed by atoms with Gasteiger partial charge in [0, 0.05) is 41.1 Å². The van der Waals surface area contributed by atoms with E-state index >= 15 is 0 Å². The third-order valence-electron chi connectivity index (χ3n) is 7.86. The molecular weight excluding hydrogens is 470 g/mol. The number of ketones is 3. The van der Waals surface area contributed by atoms with Gasteiger partial charge in [-0.3, -0.25) is 14.4 Å². The van der Waals surface area contributed by atoms with Crippen LogP contribution in [0.2, 0.25) is 0 Å². The first-order valence-corrected chi connectivity index (χ1v) is 11.7. The van der Waals surface area contributed by atoms with Crippen LogP contribution in [0.5, 0.6) is 11.5 Å². The Morgan fingerprint density at radius 1 is 1.06 bits per heavy atom. The molecule has 2 aromatic carbocycles. The van der Waals surface area contributed by atoms with Crippen molar-refractivity contribution in [2.75, 3.05) is 0 Å². The number of phenols is 2. The smallest absolute Gasteiger partial charge is 0.198 e. The molecule has 2 aromatic rings. The molecule has 0 unspecified atom stereocenters. The first-order valence-electron chi connectivity index (χ1n) is 11.7. The predicted molar refractivity (Wildman–Crippen MR) is 124 cm³/mol. The fourth-order valence-corrected chi connectivity index (χ4v) is 5.85. The minimum atomic E-state index is -2.31. The third-order valence-corrected chi connectivity index (χ3v) is 7.86. The molecule has 1 aliphatic heterocycles. The molecule has 0 radical (unpaired) electrons. The van der Waals surface area contributed by atoms with E-state index in [1.54, 1.807) is 12.1 Å². The molecule has 10 nitrogen and oxygen atoms in total. The summed E-state index contributed by atoms with van der Waals surface area (Å²) in [5.74, 6) is -3.62. The van der Waals surface area contributed by atoms with Crippen molar-refractivity contribution in [3.05, 3.63) is 57.6 Å². The van der Waals surface area contributed by atoms with Crippen molar-refractivity contribution in [3.8, 4) is 11.5 Å². The van der Waals surface area contributed by atoms with E-state index in [4.69, 9.17) is 10.5 Å². The van der Waals surface area contributed by atoms with Crippen molar-refractivity contribution in [1.82, 2.24) is 0 Å². The second kappa shape index (κ2) is 7.92. The molecule has 36 heavy (non-hydrogen) atoms. The number of rotatable bonds is 2. The maximum atomic E-state index is 13.4. The van der Waals surface area contributed by atoms with E-state index in [2.05, 4.69) is 0 Å². The minimum Gasteiger partial charge on any atom is -0.507 e. The summed E-state index contributed by atoms with van der Waals surface area (Å²) >= 11 is 0. The Kier molecular flexibility index (Phi) is 5.40. The number of aliphatic hydroxyl groups excluding tert-OH is 1. The molecule has 7 N–H and O–H groups in total. The van der Waals surface area contributed by atoms with E-state index in [-0.39, 0.29) is 28.7 Å². The van der Waals surface area contributed by atoms with E-state index in [9.17, 15) is 39.9 Å². The molecule has 2 aliphatic carbocycles. The number of aliphatic hydroxyl groups is 3. The van der Waals surface area contributed by atoms with Gasteiger partial charge in [-0.15, -0.1) is 0 Å². The van der Waals surface area contributed by atoms with Gasteiger partial charge < -0.3 is 36.0 Å². The molecule has 6 atom stereocenters. The van der Waals surface area contributed by atoms with Crippen LogP contribution in [0.3, 0.4) is 0 Å². The quantitative estimate of drug-likeness (QED) is 0.267. The lowest BCUT2D eigenvalue weighted by Crippen LogP contribution is -2.61. The summed E-state index contributed by atoms with van der Waals surface area (Å²) in [6.45, 7) is 2.65. The second-order valence-electron chi connectivity index (χ2n) is 10.1. The highest BCUT2D eigenvalue weighted by atomic mass is 16.5. The number of benzene rings is 2. The summed E-state index contributed by atoms with van der Waals surface area (Å²) in [5.41, 5.74) is 0.125. The Morgan fingerprint density at radius 3 is 2.14 bits per heavy atom. The van der Waals surface area contributed by atoms with Crippen LogP contribution >= 0.6 is 0 Å². The first-order chi connectivity index (χ1) is 16.8. The van der Waals surface area contributed by atoms with Gasteiger partial charge in [-0.2, -0.15) is 0 Å². The van der Waals surface area contributed by atoms with E-state index in [1.807, 2.05) is 0 Å². The minimum absolute atomic E-state index is 0.0249. The highest BCUT2D eigenvalue weighted by Gasteiger charge is 2.58. The Hall–Kier alpha value is -3.15. The SMILES string of the molecule is CC(=O)[C@]1(O)Cc2c(O)c3c(c(O)c2[C@](O)([C@H]2C[C@H](N)[C@@H](O)[C@@H](C)O2)C1)C(=O)c1ccccc1C3=O. The van der Waals surface area contributed by atoms with Crippen LogP contribution in [-0.4, -0.2) is 72.8 Å². The standard InChI is InChI=1S/C26H27NO9/c1-10-20(29)15(27)7-16(36-10)26(35)9-25(34,11(2)28)8-14-19(26)24(33)18-17(23(14)32)21(30)12-5-3-4-6-13(12)22(18)31/h3-6,10,15-16,20,29,32-35H,7-9,27H2,1-2H3/t10-,15+,16-,20+,25+,26-/m1/s1. The van der Waals surface area contributed by atoms with Crippen molar-refractivity contribution in [3.63, 3.8) is 0 Å². The normalized spacial score (nSPS) is 33.5. The number of aromatic hydroxyl groups is 2. The summed E-state index contributed by atoms with van der Waals surface area (Å²) in [6, 6.07) is 5.10. The molecule has 190 valence electrons. The number of phenolic OH excluding ortho intramolecular Hbond substituents is 2. The van der Waals surface area contributed by atoms with E-state index < -0.39 is 88.4 Å². The number of carbonyl (C=O) groups excluding carboxylic acids is 3. The Labute approximate surface area is 205 Å². The van der Waals surface area contributed by atoms with Gasteiger partial charge in [0.15, 0.2) is 17.3 Å². The molecule has 0 saturated carbocycles. The van der Waals surface area contributed by atoms with Crippen LogP contribution in [0.4, 0.5) is 0 Å². The molecule has 5 rings (SSSR count). The summed E-state index contributed by atoms with van der Waals surface area (Å²) in [6.07, 6.45) is -4.41.